The molecule has 0 saturated carbocycles. The second kappa shape index (κ2) is 8.89. The maximum atomic E-state index is 5.70. The van der Waals surface area contributed by atoms with Crippen LogP contribution in [-0.2, 0) is 4.74 Å². The zero-order chi connectivity index (χ0) is 13.4. The number of hydrogen-bond donors (Lipinski definition) is 1. The van der Waals surface area contributed by atoms with Crippen LogP contribution in [0.4, 0.5) is 0 Å². The van der Waals surface area contributed by atoms with Gasteiger partial charge in [-0.1, -0.05) is 27.7 Å². The van der Waals surface area contributed by atoms with Crippen LogP contribution in [0.3, 0.4) is 0 Å². The minimum absolute atomic E-state index is 0.643. The first-order valence-corrected chi connectivity index (χ1v) is 7.65. The van der Waals surface area contributed by atoms with E-state index in [1.807, 2.05) is 0 Å². The average Bonchev–Trinajstić information content (AvgIpc) is 2.31. The molecule has 0 aromatic rings. The van der Waals surface area contributed by atoms with E-state index in [-0.39, 0.29) is 0 Å². The minimum atomic E-state index is 0.643. The van der Waals surface area contributed by atoms with Gasteiger partial charge in [-0.25, -0.2) is 0 Å². The molecule has 1 heterocycles. The molecular weight excluding hydrogens is 224 g/mol. The van der Waals surface area contributed by atoms with Crippen molar-refractivity contribution in [2.24, 2.45) is 11.8 Å². The van der Waals surface area contributed by atoms with Crippen molar-refractivity contribution in [1.29, 1.82) is 0 Å². The van der Waals surface area contributed by atoms with Crippen molar-refractivity contribution >= 4 is 0 Å². The Balaban J connectivity index is 2.25. The fourth-order valence-corrected chi connectivity index (χ4v) is 2.47. The zero-order valence-corrected chi connectivity index (χ0v) is 12.7. The molecule has 0 amide bonds. The fourth-order valence-electron chi connectivity index (χ4n) is 2.47. The highest BCUT2D eigenvalue weighted by Crippen LogP contribution is 2.09. The highest BCUT2D eigenvalue weighted by molar-refractivity contribution is 4.75. The van der Waals surface area contributed by atoms with E-state index in [4.69, 9.17) is 4.74 Å². The van der Waals surface area contributed by atoms with E-state index in [0.717, 1.165) is 32.2 Å². The van der Waals surface area contributed by atoms with E-state index in [9.17, 15) is 0 Å². The number of nitrogens with one attached hydrogen (secondary N) is 1. The van der Waals surface area contributed by atoms with E-state index < -0.39 is 0 Å². The zero-order valence-electron chi connectivity index (χ0n) is 12.7. The van der Waals surface area contributed by atoms with Gasteiger partial charge in [-0.05, 0) is 37.8 Å². The molecule has 0 aromatic carbocycles. The Kier molecular flexibility index (Phi) is 7.87. The van der Waals surface area contributed by atoms with Crippen molar-refractivity contribution in [2.45, 2.75) is 46.6 Å². The molecule has 3 heteroatoms. The molecule has 1 aliphatic heterocycles. The second-order valence-electron chi connectivity index (χ2n) is 6.18. The van der Waals surface area contributed by atoms with Crippen LogP contribution in [0.2, 0.25) is 0 Å². The lowest BCUT2D eigenvalue weighted by molar-refractivity contribution is 0.0771. The number of hydrogen-bond acceptors (Lipinski definition) is 3. The highest BCUT2D eigenvalue weighted by atomic mass is 16.5. The molecule has 1 N–H and O–H groups in total. The summed E-state index contributed by atoms with van der Waals surface area (Å²) < 4.78 is 5.70. The first-order chi connectivity index (χ1) is 8.61. The second-order valence-corrected chi connectivity index (χ2v) is 6.18. The normalized spacial score (nSPS) is 27.2. The van der Waals surface area contributed by atoms with E-state index in [2.05, 4.69) is 37.9 Å². The van der Waals surface area contributed by atoms with E-state index >= 15 is 0 Å². The summed E-state index contributed by atoms with van der Waals surface area (Å²) in [6.45, 7) is 15.5. The van der Waals surface area contributed by atoms with Gasteiger partial charge in [-0.3, -0.25) is 0 Å². The van der Waals surface area contributed by atoms with Crippen LogP contribution in [0, 0.1) is 11.8 Å². The van der Waals surface area contributed by atoms with Crippen LogP contribution in [-0.4, -0.2) is 50.3 Å². The van der Waals surface area contributed by atoms with Gasteiger partial charge in [-0.15, -0.1) is 0 Å². The Morgan fingerprint density at radius 2 is 2.17 bits per heavy atom. The molecule has 2 atom stereocenters. The summed E-state index contributed by atoms with van der Waals surface area (Å²) >= 11 is 0. The highest BCUT2D eigenvalue weighted by Gasteiger charge is 2.17. The fraction of sp³-hybridized carbons (Fsp3) is 1.00. The third kappa shape index (κ3) is 6.72. The molecule has 1 aliphatic rings. The van der Waals surface area contributed by atoms with Gasteiger partial charge in [0.1, 0.15) is 0 Å². The lowest BCUT2D eigenvalue weighted by Gasteiger charge is -2.32. The van der Waals surface area contributed by atoms with Crippen molar-refractivity contribution in [3.8, 4) is 0 Å². The largest absolute Gasteiger partial charge is 0.380 e. The summed E-state index contributed by atoms with van der Waals surface area (Å²) in [5, 5.41) is 3.67. The van der Waals surface area contributed by atoms with Gasteiger partial charge < -0.3 is 15.0 Å². The molecule has 0 spiro atoms. The average molecular weight is 256 g/mol. The molecule has 0 radical (unpaired) electrons. The Labute approximate surface area is 113 Å². The molecular formula is C15H32N2O. The first-order valence-electron chi connectivity index (χ1n) is 7.65. The summed E-state index contributed by atoms with van der Waals surface area (Å²) in [7, 11) is 0. The molecule has 18 heavy (non-hydrogen) atoms. The SMILES string of the molecule is CCC1CCN(CCOCC(C)C)CC(C)CN1. The minimum Gasteiger partial charge on any atom is -0.380 e. The van der Waals surface area contributed by atoms with E-state index in [1.54, 1.807) is 0 Å². The summed E-state index contributed by atoms with van der Waals surface area (Å²) in [6.07, 6.45) is 2.51. The number of rotatable bonds is 6. The van der Waals surface area contributed by atoms with Crippen molar-refractivity contribution in [2.75, 3.05) is 39.4 Å². The summed E-state index contributed by atoms with van der Waals surface area (Å²) in [4.78, 5) is 2.58. The molecule has 0 aromatic heterocycles. The molecule has 3 nitrogen and oxygen atoms in total. The first kappa shape index (κ1) is 15.9. The van der Waals surface area contributed by atoms with Gasteiger partial charge in [0.2, 0.25) is 0 Å². The van der Waals surface area contributed by atoms with Gasteiger partial charge in [0.05, 0.1) is 6.61 Å². The van der Waals surface area contributed by atoms with E-state index in [0.29, 0.717) is 12.0 Å². The lowest BCUT2D eigenvalue weighted by Crippen LogP contribution is -2.44. The third-order valence-corrected chi connectivity index (χ3v) is 3.61. The number of nitrogens with zero attached hydrogens (tertiary/aromatic N) is 1. The molecule has 1 saturated heterocycles. The maximum absolute atomic E-state index is 5.70. The summed E-state index contributed by atoms with van der Waals surface area (Å²) in [5.74, 6) is 1.38. The lowest BCUT2D eigenvalue weighted by atomic mass is 10.0. The topological polar surface area (TPSA) is 24.5 Å². The van der Waals surface area contributed by atoms with Crippen LogP contribution < -0.4 is 5.32 Å². The predicted molar refractivity (Wildman–Crippen MR) is 78.0 cm³/mol. The predicted octanol–water partition coefficient (Wildman–Crippen LogP) is 2.37. The maximum Gasteiger partial charge on any atom is 0.0593 e. The van der Waals surface area contributed by atoms with Crippen LogP contribution in [0.1, 0.15) is 40.5 Å². The van der Waals surface area contributed by atoms with Crippen molar-refractivity contribution in [1.82, 2.24) is 10.2 Å². The monoisotopic (exact) mass is 256 g/mol. The van der Waals surface area contributed by atoms with Crippen molar-refractivity contribution in [3.63, 3.8) is 0 Å². The van der Waals surface area contributed by atoms with Gasteiger partial charge >= 0.3 is 0 Å². The summed E-state index contributed by atoms with van der Waals surface area (Å²) in [5.41, 5.74) is 0. The van der Waals surface area contributed by atoms with Crippen molar-refractivity contribution in [3.05, 3.63) is 0 Å². The molecule has 2 unspecified atom stereocenters. The molecule has 1 fully saturated rings. The molecule has 0 aliphatic carbocycles. The van der Waals surface area contributed by atoms with Gasteiger partial charge in [-0.2, -0.15) is 0 Å². The summed E-state index contributed by atoms with van der Waals surface area (Å²) in [6, 6.07) is 0.701. The smallest absolute Gasteiger partial charge is 0.0593 e. The quantitative estimate of drug-likeness (QED) is 0.738. The Hall–Kier alpha value is -0.120. The molecule has 0 bridgehead atoms. The molecule has 1 rings (SSSR count). The van der Waals surface area contributed by atoms with Gasteiger partial charge in [0.15, 0.2) is 0 Å². The Morgan fingerprint density at radius 1 is 1.39 bits per heavy atom. The van der Waals surface area contributed by atoms with Gasteiger partial charge in [0, 0.05) is 25.7 Å². The van der Waals surface area contributed by atoms with E-state index in [1.165, 1.54) is 25.9 Å². The third-order valence-electron chi connectivity index (χ3n) is 3.61. The standard InChI is InChI=1S/C15H32N2O/c1-5-15-6-7-17(11-14(4)10-16-15)8-9-18-12-13(2)3/h13-16H,5-12H2,1-4H3. The number of ether oxygens (including phenoxy) is 1. The Morgan fingerprint density at radius 3 is 2.83 bits per heavy atom. The van der Waals surface area contributed by atoms with Crippen LogP contribution in [0.5, 0.6) is 0 Å². The van der Waals surface area contributed by atoms with Crippen LogP contribution in [0.15, 0.2) is 0 Å². The van der Waals surface area contributed by atoms with Crippen LogP contribution in [0.25, 0.3) is 0 Å². The Bertz CT molecular complexity index is 209. The van der Waals surface area contributed by atoms with Gasteiger partial charge in [0.25, 0.3) is 0 Å². The molecule has 108 valence electrons. The van der Waals surface area contributed by atoms with Crippen molar-refractivity contribution < 1.29 is 4.74 Å². The van der Waals surface area contributed by atoms with Crippen LogP contribution >= 0.6 is 0 Å².